The van der Waals surface area contributed by atoms with Crippen molar-refractivity contribution in [3.05, 3.63) is 41.1 Å². The Morgan fingerprint density at radius 3 is 2.54 bits per heavy atom. The van der Waals surface area contributed by atoms with Crippen LogP contribution >= 0.6 is 11.8 Å². The standard InChI is InChI=1S/C14H13N3O3S.CH4O3S/c18-13(16-4-2-1-3-5-16)9-11(14(19)20)17-6-8-10(17)12(9)21-7-15-8;1-5(2,3)4/h1-5,8,10-11,15H,6-7H2;1H3,(H,2,3,4)/t8-,10-,11?;/m0./s1. The normalized spacial score (nSPS) is 27.1. The molecular weight excluding hydrogens is 382 g/mol. The molecule has 9 nitrogen and oxygen atoms in total. The summed E-state index contributed by atoms with van der Waals surface area (Å²) in [6, 6.07) is 4.85. The maximum absolute atomic E-state index is 12.8. The van der Waals surface area contributed by atoms with Crippen LogP contribution in [0.4, 0.5) is 0 Å². The topological polar surface area (TPSA) is 131 Å². The Balaban J connectivity index is 0.000000349. The molecule has 0 bridgehead atoms. The number of hydrogen-bond donors (Lipinski definition) is 2. The summed E-state index contributed by atoms with van der Waals surface area (Å²) < 4.78 is 28.7. The zero-order chi connectivity index (χ0) is 19.1. The molecule has 2 saturated heterocycles. The van der Waals surface area contributed by atoms with Crippen LogP contribution in [0.3, 0.4) is 0 Å². The number of nitrogens with zero attached hydrogens (tertiary/aromatic N) is 2. The lowest BCUT2D eigenvalue weighted by molar-refractivity contribution is -0.571. The van der Waals surface area contributed by atoms with Crippen molar-refractivity contribution in [3.8, 4) is 0 Å². The highest BCUT2D eigenvalue weighted by molar-refractivity contribution is 8.03. The largest absolute Gasteiger partial charge is 0.748 e. The molecular formula is C15H17N3O6S2. The molecule has 0 radical (unpaired) electrons. The van der Waals surface area contributed by atoms with E-state index in [1.807, 2.05) is 11.0 Å². The zero-order valence-electron chi connectivity index (χ0n) is 13.7. The van der Waals surface area contributed by atoms with E-state index in [4.69, 9.17) is 13.0 Å². The van der Waals surface area contributed by atoms with Crippen LogP contribution in [0.1, 0.15) is 4.79 Å². The number of aromatic nitrogens is 1. The quantitative estimate of drug-likeness (QED) is 0.467. The molecule has 2 N–H and O–H groups in total. The van der Waals surface area contributed by atoms with Crippen LogP contribution in [0.2, 0.25) is 0 Å². The van der Waals surface area contributed by atoms with Gasteiger partial charge in [-0.25, -0.2) is 13.2 Å². The number of pyridine rings is 1. The lowest BCUT2D eigenvalue weighted by atomic mass is 9.98. The molecule has 4 rings (SSSR count). The maximum atomic E-state index is 12.8. The van der Waals surface area contributed by atoms with E-state index in [1.165, 1.54) is 4.57 Å². The predicted octanol–water partition coefficient (Wildman–Crippen LogP) is -1.16. The summed E-state index contributed by atoms with van der Waals surface area (Å²) in [6.07, 6.45) is 3.92. The van der Waals surface area contributed by atoms with Crippen LogP contribution in [-0.4, -0.2) is 71.7 Å². The summed E-state index contributed by atoms with van der Waals surface area (Å²) in [5, 5.41) is 12.9. The molecule has 140 valence electrons. The summed E-state index contributed by atoms with van der Waals surface area (Å²) in [7, 11) is -3.92. The van der Waals surface area contributed by atoms with Gasteiger partial charge in [-0.2, -0.15) is 0 Å². The Labute approximate surface area is 154 Å². The van der Waals surface area contributed by atoms with Gasteiger partial charge in [0.15, 0.2) is 12.4 Å². The van der Waals surface area contributed by atoms with Gasteiger partial charge in [-0.1, -0.05) is 6.07 Å². The van der Waals surface area contributed by atoms with Gasteiger partial charge >= 0.3 is 11.9 Å². The third-order valence-electron chi connectivity index (χ3n) is 4.27. The second-order valence-corrected chi connectivity index (χ2v) is 8.48. The summed E-state index contributed by atoms with van der Waals surface area (Å²) in [4.78, 5) is 27.3. The molecule has 3 atom stereocenters. The number of thioether (sulfide) groups is 1. The molecule has 1 aromatic rings. The van der Waals surface area contributed by atoms with Gasteiger partial charge in [-0.3, -0.25) is 9.69 Å². The minimum atomic E-state index is -3.92. The maximum Gasteiger partial charge on any atom is 0.423 e. The van der Waals surface area contributed by atoms with Crippen LogP contribution < -0.4 is 9.88 Å². The molecule has 0 saturated carbocycles. The third kappa shape index (κ3) is 3.67. The van der Waals surface area contributed by atoms with E-state index in [-0.39, 0.29) is 18.0 Å². The van der Waals surface area contributed by atoms with E-state index in [9.17, 15) is 14.7 Å². The van der Waals surface area contributed by atoms with Gasteiger partial charge in [-0.05, 0) is 0 Å². The predicted molar refractivity (Wildman–Crippen MR) is 91.2 cm³/mol. The van der Waals surface area contributed by atoms with Crippen molar-refractivity contribution >= 4 is 33.8 Å². The second kappa shape index (κ2) is 7.08. The van der Waals surface area contributed by atoms with Crippen LogP contribution in [0.15, 0.2) is 41.1 Å². The van der Waals surface area contributed by atoms with E-state index in [0.29, 0.717) is 18.4 Å². The summed E-state index contributed by atoms with van der Waals surface area (Å²) in [6.45, 7) is 0.682. The Kier molecular flexibility index (Phi) is 5.17. The Bertz CT molecular complexity index is 863. The first kappa shape index (κ1) is 19.0. The number of rotatable bonds is 2. The summed E-state index contributed by atoms with van der Waals surface area (Å²) in [5.41, 5.74) is 0.428. The lowest BCUT2D eigenvalue weighted by Crippen LogP contribution is -2.68. The third-order valence-corrected chi connectivity index (χ3v) is 5.36. The Morgan fingerprint density at radius 1 is 1.35 bits per heavy atom. The van der Waals surface area contributed by atoms with Crippen molar-refractivity contribution in [2.75, 3.05) is 18.7 Å². The average Bonchev–Trinajstić information content (AvgIpc) is 2.84. The van der Waals surface area contributed by atoms with Gasteiger partial charge in [0.05, 0.1) is 16.2 Å². The molecule has 2 fully saturated rings. The van der Waals surface area contributed by atoms with Crippen molar-refractivity contribution in [3.63, 3.8) is 0 Å². The van der Waals surface area contributed by atoms with E-state index in [2.05, 4.69) is 5.32 Å². The molecule has 4 heterocycles. The van der Waals surface area contributed by atoms with Crippen LogP contribution in [-0.2, 0) is 14.9 Å². The van der Waals surface area contributed by atoms with Gasteiger partial charge in [0.1, 0.15) is 11.6 Å². The van der Waals surface area contributed by atoms with Gasteiger partial charge in [-0.15, -0.1) is 16.3 Å². The highest BCUT2D eigenvalue weighted by Crippen LogP contribution is 2.46. The van der Waals surface area contributed by atoms with Gasteiger partial charge in [0.2, 0.25) is 0 Å². The first-order valence-corrected chi connectivity index (χ1v) is 10.5. The highest BCUT2D eigenvalue weighted by Gasteiger charge is 2.59. The number of carbonyl (C=O) groups is 2. The molecule has 0 aliphatic carbocycles. The Hall–Kier alpha value is -1.79. The molecule has 3 aliphatic heterocycles. The van der Waals surface area contributed by atoms with Gasteiger partial charge < -0.3 is 15.0 Å². The SMILES string of the molecule is CS(=O)(=O)[O-].O=C(O)C1C(C(=O)[n+]2ccccc2)=C2SCN[C@H]3CN1[C@H]23. The number of carboxylic acid groups (broad SMARTS) is 1. The molecule has 26 heavy (non-hydrogen) atoms. The number of nitrogens with one attached hydrogen (secondary N) is 1. The van der Waals surface area contributed by atoms with Crippen LogP contribution in [0, 0.1) is 0 Å². The molecule has 0 amide bonds. The first-order valence-electron chi connectivity index (χ1n) is 7.69. The van der Waals surface area contributed by atoms with Gasteiger partial charge in [0.25, 0.3) is 0 Å². The van der Waals surface area contributed by atoms with Crippen molar-refractivity contribution in [1.29, 1.82) is 0 Å². The van der Waals surface area contributed by atoms with Crippen LogP contribution in [0.25, 0.3) is 0 Å². The monoisotopic (exact) mass is 399 g/mol. The second-order valence-electron chi connectivity index (χ2n) is 6.05. The van der Waals surface area contributed by atoms with E-state index in [1.54, 1.807) is 36.3 Å². The van der Waals surface area contributed by atoms with Crippen molar-refractivity contribution in [1.82, 2.24) is 10.2 Å². The fourth-order valence-electron chi connectivity index (χ4n) is 3.32. The number of aliphatic carboxylic acids is 1. The van der Waals surface area contributed by atoms with Crippen molar-refractivity contribution < 1.29 is 32.2 Å². The van der Waals surface area contributed by atoms with Crippen molar-refractivity contribution in [2.45, 2.75) is 18.1 Å². The number of hydrogen-bond acceptors (Lipinski definition) is 8. The minimum Gasteiger partial charge on any atom is -0.748 e. The Morgan fingerprint density at radius 2 is 1.96 bits per heavy atom. The summed E-state index contributed by atoms with van der Waals surface area (Å²) >= 11 is 1.55. The molecule has 1 unspecified atom stereocenters. The molecule has 0 spiro atoms. The van der Waals surface area contributed by atoms with E-state index >= 15 is 0 Å². The number of carbonyl (C=O) groups excluding carboxylic acids is 1. The molecule has 3 aliphatic rings. The average molecular weight is 399 g/mol. The zero-order valence-corrected chi connectivity index (χ0v) is 15.4. The smallest absolute Gasteiger partial charge is 0.423 e. The molecule has 0 aromatic carbocycles. The number of carboxylic acids is 1. The fraction of sp³-hybridized carbons (Fsp3) is 0.400. The summed E-state index contributed by atoms with van der Waals surface area (Å²) in [5.74, 6) is -0.455. The van der Waals surface area contributed by atoms with Crippen molar-refractivity contribution in [2.24, 2.45) is 0 Å². The lowest BCUT2D eigenvalue weighted by Gasteiger charge is -2.49. The molecule has 11 heteroatoms. The van der Waals surface area contributed by atoms with Crippen LogP contribution in [0.5, 0.6) is 0 Å². The van der Waals surface area contributed by atoms with E-state index in [0.717, 1.165) is 10.8 Å². The fourth-order valence-corrected chi connectivity index (χ4v) is 4.60. The molecule has 1 aromatic heterocycles. The van der Waals surface area contributed by atoms with E-state index < -0.39 is 22.1 Å². The minimum absolute atomic E-state index is 0.0492. The first-order chi connectivity index (χ1) is 12.2. The van der Waals surface area contributed by atoms with Gasteiger partial charge in [0, 0.05) is 41.8 Å². The highest BCUT2D eigenvalue weighted by atomic mass is 32.2.